The molecule has 0 saturated carbocycles. The molecule has 2 aromatic rings. The van der Waals surface area contributed by atoms with Gasteiger partial charge in [-0.3, -0.25) is 9.78 Å². The topological polar surface area (TPSA) is 93.6 Å². The van der Waals surface area contributed by atoms with Crippen LogP contribution < -0.4 is 10.1 Å². The van der Waals surface area contributed by atoms with Crippen LogP contribution in [0.25, 0.3) is 0 Å². The smallest absolute Gasteiger partial charge is 0.271 e. The zero-order valence-electron chi connectivity index (χ0n) is 12.8. The molecule has 2 N–H and O–H groups in total. The molecule has 0 aliphatic rings. The van der Waals surface area contributed by atoms with Crippen molar-refractivity contribution < 1.29 is 19.4 Å². The highest BCUT2D eigenvalue weighted by Crippen LogP contribution is 2.11. The maximum absolute atomic E-state index is 11.7. The van der Waals surface area contributed by atoms with Crippen molar-refractivity contribution in [3.63, 3.8) is 0 Å². The van der Waals surface area contributed by atoms with Crippen LogP contribution in [0.3, 0.4) is 0 Å². The number of ether oxygens (including phenoxy) is 2. The summed E-state index contributed by atoms with van der Waals surface area (Å²) in [6.45, 7) is 0.573. The molecular formula is C16H19N3O4. The van der Waals surface area contributed by atoms with Gasteiger partial charge in [0.15, 0.2) is 0 Å². The first-order chi connectivity index (χ1) is 11.2. The summed E-state index contributed by atoms with van der Waals surface area (Å²) in [7, 11) is 1.61. The summed E-state index contributed by atoms with van der Waals surface area (Å²) in [5.41, 5.74) is 1.18. The van der Waals surface area contributed by atoms with Crippen molar-refractivity contribution in [3.8, 4) is 5.75 Å². The van der Waals surface area contributed by atoms with Gasteiger partial charge in [-0.25, -0.2) is 4.98 Å². The maximum Gasteiger partial charge on any atom is 0.271 e. The van der Waals surface area contributed by atoms with Crippen LogP contribution in [0.15, 0.2) is 42.9 Å². The van der Waals surface area contributed by atoms with Gasteiger partial charge in [-0.1, -0.05) is 12.1 Å². The van der Waals surface area contributed by atoms with Crippen LogP contribution >= 0.6 is 0 Å². The van der Waals surface area contributed by atoms with Gasteiger partial charge in [-0.2, -0.15) is 0 Å². The van der Waals surface area contributed by atoms with Crippen LogP contribution in [0.2, 0.25) is 0 Å². The van der Waals surface area contributed by atoms with Crippen LogP contribution in [0, 0.1) is 0 Å². The molecule has 0 unspecified atom stereocenters. The molecule has 0 aliphatic carbocycles. The van der Waals surface area contributed by atoms with Crippen molar-refractivity contribution in [2.45, 2.75) is 12.7 Å². The van der Waals surface area contributed by atoms with Crippen LogP contribution in [-0.4, -0.2) is 47.3 Å². The first kappa shape index (κ1) is 16.9. The number of carbonyl (C=O) groups is 1. The molecule has 0 aliphatic heterocycles. The number of aromatic nitrogens is 2. The van der Waals surface area contributed by atoms with Crippen LogP contribution in [0.4, 0.5) is 0 Å². The quantitative estimate of drug-likeness (QED) is 0.748. The molecule has 1 atom stereocenters. The Morgan fingerprint density at radius 2 is 2.09 bits per heavy atom. The fraction of sp³-hybridized carbons (Fsp3) is 0.312. The zero-order chi connectivity index (χ0) is 16.5. The third kappa shape index (κ3) is 5.65. The SMILES string of the molecule is COc1ccc(COC[C@H](O)CNC(=O)c2cnccn2)cc1. The number of methoxy groups -OCH3 is 1. The number of carbonyl (C=O) groups excluding carboxylic acids is 1. The van der Waals surface area contributed by atoms with Gasteiger partial charge in [0.05, 0.1) is 32.6 Å². The minimum atomic E-state index is -0.797. The Balaban J connectivity index is 1.66. The number of hydrogen-bond acceptors (Lipinski definition) is 6. The first-order valence-electron chi connectivity index (χ1n) is 7.12. The Labute approximate surface area is 134 Å². The number of benzene rings is 1. The Hall–Kier alpha value is -2.51. The molecule has 7 heteroatoms. The standard InChI is InChI=1S/C16H19N3O4/c1-22-14-4-2-12(3-5-14)10-23-11-13(20)8-19-16(21)15-9-17-6-7-18-15/h2-7,9,13,20H,8,10-11H2,1H3,(H,19,21)/t13-/m1/s1. The van der Waals surface area contributed by atoms with E-state index < -0.39 is 6.10 Å². The number of hydrogen-bond donors (Lipinski definition) is 2. The molecule has 2 rings (SSSR count). The first-order valence-corrected chi connectivity index (χ1v) is 7.12. The molecule has 0 bridgehead atoms. The lowest BCUT2D eigenvalue weighted by atomic mass is 10.2. The Morgan fingerprint density at radius 1 is 1.30 bits per heavy atom. The molecule has 0 spiro atoms. The third-order valence-electron chi connectivity index (χ3n) is 3.03. The summed E-state index contributed by atoms with van der Waals surface area (Å²) >= 11 is 0. The van der Waals surface area contributed by atoms with Crippen LogP contribution in [0.1, 0.15) is 16.1 Å². The molecule has 122 valence electrons. The normalized spacial score (nSPS) is 11.7. The molecule has 0 radical (unpaired) electrons. The van der Waals surface area contributed by atoms with Crippen LogP contribution in [-0.2, 0) is 11.3 Å². The summed E-state index contributed by atoms with van der Waals surface area (Å²) in [6, 6.07) is 7.47. The summed E-state index contributed by atoms with van der Waals surface area (Å²) in [5, 5.41) is 12.4. The lowest BCUT2D eigenvalue weighted by Crippen LogP contribution is -2.35. The van der Waals surface area contributed by atoms with E-state index in [1.54, 1.807) is 7.11 Å². The van der Waals surface area contributed by atoms with Crippen molar-refractivity contribution in [2.24, 2.45) is 0 Å². The number of nitrogens with one attached hydrogen (secondary N) is 1. The Kier molecular flexibility index (Phi) is 6.46. The predicted molar refractivity (Wildman–Crippen MR) is 83.0 cm³/mol. The lowest BCUT2D eigenvalue weighted by Gasteiger charge is -2.12. The maximum atomic E-state index is 11.7. The second-order valence-corrected chi connectivity index (χ2v) is 4.82. The zero-order valence-corrected chi connectivity index (χ0v) is 12.8. The molecular weight excluding hydrogens is 298 g/mol. The van der Waals surface area contributed by atoms with Gasteiger partial charge in [-0.05, 0) is 17.7 Å². The van der Waals surface area contributed by atoms with Gasteiger partial charge in [0.2, 0.25) is 0 Å². The van der Waals surface area contributed by atoms with Crippen molar-refractivity contribution >= 4 is 5.91 Å². The minimum absolute atomic E-state index is 0.0814. The van der Waals surface area contributed by atoms with E-state index in [0.29, 0.717) is 6.61 Å². The summed E-state index contributed by atoms with van der Waals surface area (Å²) < 4.78 is 10.5. The van der Waals surface area contributed by atoms with E-state index >= 15 is 0 Å². The van der Waals surface area contributed by atoms with E-state index in [9.17, 15) is 9.90 Å². The Morgan fingerprint density at radius 3 is 2.74 bits per heavy atom. The third-order valence-corrected chi connectivity index (χ3v) is 3.03. The number of aliphatic hydroxyl groups excluding tert-OH is 1. The average molecular weight is 317 g/mol. The predicted octanol–water partition coefficient (Wildman–Crippen LogP) is 0.793. The summed E-state index contributed by atoms with van der Waals surface area (Å²) in [6.07, 6.45) is 3.48. The molecule has 0 saturated heterocycles. The highest BCUT2D eigenvalue weighted by molar-refractivity contribution is 5.91. The van der Waals surface area contributed by atoms with E-state index in [1.165, 1.54) is 18.6 Å². The van der Waals surface area contributed by atoms with Crippen molar-refractivity contribution in [2.75, 3.05) is 20.3 Å². The molecule has 1 aromatic carbocycles. The van der Waals surface area contributed by atoms with Crippen LogP contribution in [0.5, 0.6) is 5.75 Å². The highest BCUT2D eigenvalue weighted by Gasteiger charge is 2.10. The highest BCUT2D eigenvalue weighted by atomic mass is 16.5. The van der Waals surface area contributed by atoms with Gasteiger partial charge >= 0.3 is 0 Å². The van der Waals surface area contributed by atoms with E-state index in [1.807, 2.05) is 24.3 Å². The fourth-order valence-electron chi connectivity index (χ4n) is 1.81. The molecule has 1 aromatic heterocycles. The van der Waals surface area contributed by atoms with Gasteiger partial charge in [0, 0.05) is 18.9 Å². The lowest BCUT2D eigenvalue weighted by molar-refractivity contribution is 0.0284. The molecule has 1 heterocycles. The second-order valence-electron chi connectivity index (χ2n) is 4.82. The molecule has 23 heavy (non-hydrogen) atoms. The van der Waals surface area contributed by atoms with Gasteiger partial charge < -0.3 is 19.9 Å². The fourth-order valence-corrected chi connectivity index (χ4v) is 1.81. The Bertz CT molecular complexity index is 604. The molecule has 1 amide bonds. The minimum Gasteiger partial charge on any atom is -0.497 e. The largest absolute Gasteiger partial charge is 0.497 e. The second kappa shape index (κ2) is 8.82. The van der Waals surface area contributed by atoms with E-state index in [0.717, 1.165) is 11.3 Å². The molecule has 0 fully saturated rings. The number of aliphatic hydroxyl groups is 1. The van der Waals surface area contributed by atoms with Gasteiger partial charge in [-0.15, -0.1) is 0 Å². The van der Waals surface area contributed by atoms with Crippen molar-refractivity contribution in [3.05, 3.63) is 54.1 Å². The van der Waals surface area contributed by atoms with E-state index in [4.69, 9.17) is 9.47 Å². The number of rotatable bonds is 8. The van der Waals surface area contributed by atoms with Crippen molar-refractivity contribution in [1.82, 2.24) is 15.3 Å². The van der Waals surface area contributed by atoms with E-state index in [2.05, 4.69) is 15.3 Å². The number of nitrogens with zero attached hydrogens (tertiary/aromatic N) is 2. The summed E-state index contributed by atoms with van der Waals surface area (Å²) in [4.78, 5) is 19.4. The monoisotopic (exact) mass is 317 g/mol. The number of amides is 1. The van der Waals surface area contributed by atoms with Gasteiger partial charge in [0.1, 0.15) is 11.4 Å². The van der Waals surface area contributed by atoms with Crippen molar-refractivity contribution in [1.29, 1.82) is 0 Å². The van der Waals surface area contributed by atoms with E-state index in [-0.39, 0.29) is 24.8 Å². The average Bonchev–Trinajstić information content (AvgIpc) is 2.61. The van der Waals surface area contributed by atoms with Gasteiger partial charge in [0.25, 0.3) is 5.91 Å². The molecule has 7 nitrogen and oxygen atoms in total. The summed E-state index contributed by atoms with van der Waals surface area (Å²) in [5.74, 6) is 0.396.